The van der Waals surface area contributed by atoms with Crippen molar-refractivity contribution in [3.05, 3.63) is 40.4 Å². The Balaban J connectivity index is 2.31. The maximum Gasteiger partial charge on any atom is 0.305 e. The van der Waals surface area contributed by atoms with Crippen molar-refractivity contribution in [1.29, 1.82) is 0 Å². The minimum Gasteiger partial charge on any atom is -0.469 e. The first kappa shape index (κ1) is 11.3. The molecule has 5 nitrogen and oxygen atoms in total. The molecule has 0 aliphatic carbocycles. The number of hydrogen-bond acceptors (Lipinski definition) is 4. The highest BCUT2D eigenvalue weighted by atomic mass is 16.5. The van der Waals surface area contributed by atoms with Gasteiger partial charge in [0.05, 0.1) is 24.4 Å². The van der Waals surface area contributed by atoms with E-state index in [-0.39, 0.29) is 17.9 Å². The SMILES string of the molecule is COC(=O)CCc1nc2ccccc2c(=O)[nH]1. The summed E-state index contributed by atoms with van der Waals surface area (Å²) in [5.41, 5.74) is 0.451. The van der Waals surface area contributed by atoms with Gasteiger partial charge in [-0.25, -0.2) is 4.98 Å². The van der Waals surface area contributed by atoms with Crippen molar-refractivity contribution in [2.24, 2.45) is 0 Å². The molecule has 1 heterocycles. The van der Waals surface area contributed by atoms with Crippen molar-refractivity contribution in [2.75, 3.05) is 7.11 Å². The van der Waals surface area contributed by atoms with Gasteiger partial charge in [-0.2, -0.15) is 0 Å². The number of aromatic amines is 1. The molecule has 0 amide bonds. The number of methoxy groups -OCH3 is 1. The number of nitrogens with zero attached hydrogens (tertiary/aromatic N) is 1. The molecule has 5 heteroatoms. The van der Waals surface area contributed by atoms with E-state index in [4.69, 9.17) is 0 Å². The number of fused-ring (bicyclic) bond motifs is 1. The summed E-state index contributed by atoms with van der Waals surface area (Å²) < 4.78 is 4.53. The first-order valence-corrected chi connectivity index (χ1v) is 5.25. The van der Waals surface area contributed by atoms with Gasteiger partial charge in [-0.05, 0) is 12.1 Å². The fraction of sp³-hybridized carbons (Fsp3) is 0.250. The fourth-order valence-electron chi connectivity index (χ4n) is 1.58. The van der Waals surface area contributed by atoms with Crippen LogP contribution in [0.25, 0.3) is 10.9 Å². The standard InChI is InChI=1S/C12H12N2O3/c1-17-11(15)7-6-10-13-9-5-3-2-4-8(9)12(16)14-10/h2-5H,6-7H2,1H3,(H,13,14,16). The van der Waals surface area contributed by atoms with Crippen LogP contribution in [0.15, 0.2) is 29.1 Å². The second kappa shape index (κ2) is 4.78. The molecule has 0 aliphatic rings. The number of rotatable bonds is 3. The number of ether oxygens (including phenoxy) is 1. The van der Waals surface area contributed by atoms with E-state index in [9.17, 15) is 9.59 Å². The average Bonchev–Trinajstić information content (AvgIpc) is 2.36. The summed E-state index contributed by atoms with van der Waals surface area (Å²) in [5.74, 6) is 0.180. The third-order valence-electron chi connectivity index (χ3n) is 2.46. The molecule has 0 saturated carbocycles. The number of benzene rings is 1. The zero-order valence-electron chi connectivity index (χ0n) is 9.40. The van der Waals surface area contributed by atoms with E-state index in [1.807, 2.05) is 6.07 Å². The Kier molecular flexibility index (Phi) is 3.18. The van der Waals surface area contributed by atoms with Crippen molar-refractivity contribution in [2.45, 2.75) is 12.8 Å². The number of nitrogens with one attached hydrogen (secondary N) is 1. The highest BCUT2D eigenvalue weighted by Gasteiger charge is 2.06. The summed E-state index contributed by atoms with van der Waals surface area (Å²) in [4.78, 5) is 29.6. The number of aryl methyl sites for hydroxylation is 1. The van der Waals surface area contributed by atoms with Crippen molar-refractivity contribution >= 4 is 16.9 Å². The van der Waals surface area contributed by atoms with Gasteiger partial charge >= 0.3 is 5.97 Å². The molecular weight excluding hydrogens is 220 g/mol. The Labute approximate surface area is 97.4 Å². The molecule has 0 atom stereocenters. The van der Waals surface area contributed by atoms with Crippen LogP contribution in [0, 0.1) is 0 Å². The lowest BCUT2D eigenvalue weighted by Gasteiger charge is -2.02. The Hall–Kier alpha value is -2.17. The summed E-state index contributed by atoms with van der Waals surface area (Å²) >= 11 is 0. The molecule has 1 N–H and O–H groups in total. The van der Waals surface area contributed by atoms with Gasteiger partial charge in [0.25, 0.3) is 5.56 Å². The van der Waals surface area contributed by atoms with Gasteiger partial charge in [0.1, 0.15) is 5.82 Å². The zero-order chi connectivity index (χ0) is 12.3. The van der Waals surface area contributed by atoms with E-state index < -0.39 is 0 Å². The van der Waals surface area contributed by atoms with E-state index in [1.165, 1.54) is 7.11 Å². The topological polar surface area (TPSA) is 72.0 Å². The van der Waals surface area contributed by atoms with Crippen molar-refractivity contribution in [3.8, 4) is 0 Å². The van der Waals surface area contributed by atoms with Gasteiger partial charge in [-0.15, -0.1) is 0 Å². The van der Waals surface area contributed by atoms with Gasteiger partial charge in [0.15, 0.2) is 0 Å². The molecule has 0 radical (unpaired) electrons. The fourth-order valence-corrected chi connectivity index (χ4v) is 1.58. The minimum atomic E-state index is -0.319. The third-order valence-corrected chi connectivity index (χ3v) is 2.46. The van der Waals surface area contributed by atoms with Crippen LogP contribution < -0.4 is 5.56 Å². The largest absolute Gasteiger partial charge is 0.469 e. The molecule has 0 bridgehead atoms. The lowest BCUT2D eigenvalue weighted by Crippen LogP contribution is -2.13. The Morgan fingerprint density at radius 2 is 2.18 bits per heavy atom. The average molecular weight is 232 g/mol. The van der Waals surface area contributed by atoms with Gasteiger partial charge in [-0.3, -0.25) is 9.59 Å². The highest BCUT2D eigenvalue weighted by molar-refractivity contribution is 5.77. The molecule has 2 rings (SSSR count). The summed E-state index contributed by atoms with van der Waals surface area (Å²) in [6.07, 6.45) is 0.574. The van der Waals surface area contributed by atoms with Crippen molar-refractivity contribution < 1.29 is 9.53 Å². The van der Waals surface area contributed by atoms with E-state index in [0.717, 1.165) is 0 Å². The van der Waals surface area contributed by atoms with Crippen LogP contribution in [0.1, 0.15) is 12.2 Å². The number of hydrogen-bond donors (Lipinski definition) is 1. The van der Waals surface area contributed by atoms with Crippen LogP contribution in [0.4, 0.5) is 0 Å². The molecular formula is C12H12N2O3. The minimum absolute atomic E-state index is 0.185. The van der Waals surface area contributed by atoms with E-state index in [0.29, 0.717) is 23.1 Å². The van der Waals surface area contributed by atoms with Gasteiger partial charge < -0.3 is 9.72 Å². The second-order valence-electron chi connectivity index (χ2n) is 3.61. The molecule has 1 aromatic heterocycles. The lowest BCUT2D eigenvalue weighted by molar-refractivity contribution is -0.140. The summed E-state index contributed by atoms with van der Waals surface area (Å²) in [6, 6.07) is 7.09. The van der Waals surface area contributed by atoms with Crippen LogP contribution in [-0.2, 0) is 16.0 Å². The van der Waals surface area contributed by atoms with Crippen molar-refractivity contribution in [3.63, 3.8) is 0 Å². The molecule has 0 spiro atoms. The molecule has 2 aromatic rings. The molecule has 0 aliphatic heterocycles. The molecule has 0 fully saturated rings. The predicted octanol–water partition coefficient (Wildman–Crippen LogP) is 1.03. The molecule has 0 unspecified atom stereocenters. The maximum absolute atomic E-state index is 11.7. The molecule has 17 heavy (non-hydrogen) atoms. The molecule has 88 valence electrons. The van der Waals surface area contributed by atoms with E-state index >= 15 is 0 Å². The lowest BCUT2D eigenvalue weighted by atomic mass is 10.2. The normalized spacial score (nSPS) is 10.4. The Morgan fingerprint density at radius 3 is 2.94 bits per heavy atom. The third kappa shape index (κ3) is 2.50. The van der Waals surface area contributed by atoms with Crippen LogP contribution in [-0.4, -0.2) is 23.0 Å². The monoisotopic (exact) mass is 232 g/mol. The van der Waals surface area contributed by atoms with Gasteiger partial charge in [0.2, 0.25) is 0 Å². The first-order chi connectivity index (χ1) is 8.20. The quantitative estimate of drug-likeness (QED) is 0.802. The Bertz CT molecular complexity index is 604. The van der Waals surface area contributed by atoms with Gasteiger partial charge in [0, 0.05) is 6.42 Å². The number of carbonyl (C=O) groups is 1. The van der Waals surface area contributed by atoms with Crippen LogP contribution in [0.5, 0.6) is 0 Å². The highest BCUT2D eigenvalue weighted by Crippen LogP contribution is 2.06. The maximum atomic E-state index is 11.7. The summed E-state index contributed by atoms with van der Waals surface area (Å²) in [5, 5.41) is 0.550. The van der Waals surface area contributed by atoms with Crippen LogP contribution in [0.2, 0.25) is 0 Å². The van der Waals surface area contributed by atoms with Crippen LogP contribution >= 0.6 is 0 Å². The first-order valence-electron chi connectivity index (χ1n) is 5.25. The van der Waals surface area contributed by atoms with Crippen molar-refractivity contribution in [1.82, 2.24) is 9.97 Å². The number of carbonyl (C=O) groups excluding carboxylic acids is 1. The van der Waals surface area contributed by atoms with Crippen LogP contribution in [0.3, 0.4) is 0 Å². The molecule has 0 saturated heterocycles. The number of aromatic nitrogens is 2. The Morgan fingerprint density at radius 1 is 1.41 bits per heavy atom. The molecule has 1 aromatic carbocycles. The number of para-hydroxylation sites is 1. The smallest absolute Gasteiger partial charge is 0.305 e. The van der Waals surface area contributed by atoms with Gasteiger partial charge in [-0.1, -0.05) is 12.1 Å². The zero-order valence-corrected chi connectivity index (χ0v) is 9.40. The second-order valence-corrected chi connectivity index (χ2v) is 3.61. The predicted molar refractivity (Wildman–Crippen MR) is 62.7 cm³/mol. The number of esters is 1. The summed E-state index contributed by atoms with van der Waals surface area (Å²) in [6.45, 7) is 0. The van der Waals surface area contributed by atoms with E-state index in [2.05, 4.69) is 14.7 Å². The number of H-pyrrole nitrogens is 1. The van der Waals surface area contributed by atoms with E-state index in [1.54, 1.807) is 18.2 Å². The summed E-state index contributed by atoms with van der Waals surface area (Å²) in [7, 11) is 1.33.